The predicted molar refractivity (Wildman–Crippen MR) is 79.5 cm³/mol. The molecule has 0 saturated carbocycles. The first-order chi connectivity index (χ1) is 10.4. The minimum Gasteiger partial charge on any atom is -0.493 e. The molecule has 0 N–H and O–H groups in total. The fraction of sp³-hybridized carbons (Fsp3) is 0.294. The Balaban J connectivity index is 1.41. The molecule has 1 heterocycles. The van der Waals surface area contributed by atoms with Crippen molar-refractivity contribution in [1.29, 1.82) is 0 Å². The van der Waals surface area contributed by atoms with E-state index in [-0.39, 0.29) is 0 Å². The molecule has 0 aromatic heterocycles. The van der Waals surface area contributed by atoms with Gasteiger partial charge in [0.1, 0.15) is 24.7 Å². The van der Waals surface area contributed by atoms with Crippen LogP contribution in [0.1, 0.15) is 6.42 Å². The molecule has 0 spiro atoms. The van der Waals surface area contributed by atoms with E-state index in [1.807, 2.05) is 48.5 Å². The van der Waals surface area contributed by atoms with E-state index in [2.05, 4.69) is 0 Å². The minimum absolute atomic E-state index is 0.585. The van der Waals surface area contributed by atoms with E-state index < -0.39 is 0 Å². The Morgan fingerprint density at radius 1 is 0.762 bits per heavy atom. The molecule has 4 nitrogen and oxygen atoms in total. The quantitative estimate of drug-likeness (QED) is 0.763. The summed E-state index contributed by atoms with van der Waals surface area (Å²) in [6.07, 6.45) is 0.823. The number of hydrogen-bond donors (Lipinski definition) is 0. The Morgan fingerprint density at radius 3 is 2.29 bits per heavy atom. The fourth-order valence-corrected chi connectivity index (χ4v) is 2.07. The third kappa shape index (κ3) is 3.81. The molecule has 0 radical (unpaired) electrons. The molecule has 0 saturated heterocycles. The van der Waals surface area contributed by atoms with Crippen molar-refractivity contribution in [3.8, 4) is 23.0 Å². The lowest BCUT2D eigenvalue weighted by molar-refractivity contribution is 0.170. The van der Waals surface area contributed by atoms with Gasteiger partial charge in [0.2, 0.25) is 0 Å². The van der Waals surface area contributed by atoms with E-state index in [9.17, 15) is 0 Å². The number of rotatable bonds is 6. The number of fused-ring (bicyclic) bond motifs is 1. The van der Waals surface area contributed by atoms with Crippen LogP contribution in [0.3, 0.4) is 0 Å². The van der Waals surface area contributed by atoms with Crippen LogP contribution in [0.5, 0.6) is 23.0 Å². The summed E-state index contributed by atoms with van der Waals surface area (Å²) in [6.45, 7) is 2.42. The zero-order chi connectivity index (χ0) is 14.3. The van der Waals surface area contributed by atoms with E-state index in [4.69, 9.17) is 18.9 Å². The molecular weight excluding hydrogens is 268 g/mol. The lowest BCUT2D eigenvalue weighted by Gasteiger charge is -2.18. The third-order valence-electron chi connectivity index (χ3n) is 3.08. The molecule has 3 rings (SSSR count). The van der Waals surface area contributed by atoms with Crippen LogP contribution in [-0.2, 0) is 0 Å². The summed E-state index contributed by atoms with van der Waals surface area (Å²) in [5.74, 6) is 3.20. The molecule has 0 bridgehead atoms. The molecule has 1 aliphatic rings. The van der Waals surface area contributed by atoms with Gasteiger partial charge in [-0.25, -0.2) is 0 Å². The van der Waals surface area contributed by atoms with Gasteiger partial charge in [-0.3, -0.25) is 0 Å². The van der Waals surface area contributed by atoms with Crippen LogP contribution in [0, 0.1) is 0 Å². The lowest BCUT2D eigenvalue weighted by Crippen LogP contribution is -2.15. The molecule has 2 aromatic carbocycles. The second kappa shape index (κ2) is 6.88. The average molecular weight is 286 g/mol. The van der Waals surface area contributed by atoms with Crippen molar-refractivity contribution >= 4 is 0 Å². The topological polar surface area (TPSA) is 36.9 Å². The first-order valence-electron chi connectivity index (χ1n) is 7.12. The normalized spacial score (nSPS) is 12.8. The smallest absolute Gasteiger partial charge is 0.165 e. The maximum Gasteiger partial charge on any atom is 0.165 e. The van der Waals surface area contributed by atoms with Gasteiger partial charge in [0.05, 0.1) is 13.2 Å². The fourth-order valence-electron chi connectivity index (χ4n) is 2.07. The molecule has 21 heavy (non-hydrogen) atoms. The highest BCUT2D eigenvalue weighted by molar-refractivity contribution is 5.46. The van der Waals surface area contributed by atoms with Gasteiger partial charge in [0, 0.05) is 12.5 Å². The first-order valence-corrected chi connectivity index (χ1v) is 7.12. The van der Waals surface area contributed by atoms with Crippen molar-refractivity contribution in [2.75, 3.05) is 26.4 Å². The Kier molecular flexibility index (Phi) is 4.46. The largest absolute Gasteiger partial charge is 0.493 e. The number of para-hydroxylation sites is 1. The predicted octanol–water partition coefficient (Wildman–Crippen LogP) is 3.31. The highest BCUT2D eigenvalue weighted by Gasteiger charge is 2.11. The van der Waals surface area contributed by atoms with Crippen LogP contribution >= 0.6 is 0 Å². The van der Waals surface area contributed by atoms with Gasteiger partial charge >= 0.3 is 0 Å². The molecule has 1 aliphatic heterocycles. The summed E-state index contributed by atoms with van der Waals surface area (Å²) in [6, 6.07) is 15.4. The zero-order valence-electron chi connectivity index (χ0n) is 11.8. The second-order valence-corrected chi connectivity index (χ2v) is 4.67. The monoisotopic (exact) mass is 286 g/mol. The molecule has 4 heteroatoms. The van der Waals surface area contributed by atoms with Gasteiger partial charge in [-0.05, 0) is 24.3 Å². The summed E-state index contributed by atoms with van der Waals surface area (Å²) in [5, 5.41) is 0. The number of benzene rings is 2. The van der Waals surface area contributed by atoms with Crippen molar-refractivity contribution < 1.29 is 18.9 Å². The summed E-state index contributed by atoms with van der Waals surface area (Å²) in [4.78, 5) is 0. The van der Waals surface area contributed by atoms with Crippen LogP contribution in [-0.4, -0.2) is 26.4 Å². The van der Waals surface area contributed by atoms with Crippen molar-refractivity contribution in [2.24, 2.45) is 0 Å². The van der Waals surface area contributed by atoms with Crippen molar-refractivity contribution in [2.45, 2.75) is 6.42 Å². The van der Waals surface area contributed by atoms with Crippen molar-refractivity contribution in [3.63, 3.8) is 0 Å². The molecular formula is C17H18O4. The molecule has 110 valence electrons. The summed E-state index contributed by atoms with van der Waals surface area (Å²) < 4.78 is 22.3. The number of hydrogen-bond acceptors (Lipinski definition) is 4. The van der Waals surface area contributed by atoms with Gasteiger partial charge in [-0.2, -0.15) is 0 Å². The molecule has 0 unspecified atom stereocenters. The number of ether oxygens (including phenoxy) is 4. The lowest BCUT2D eigenvalue weighted by atomic mass is 10.3. The van der Waals surface area contributed by atoms with E-state index in [1.165, 1.54) is 0 Å². The molecule has 0 atom stereocenters. The highest BCUT2D eigenvalue weighted by atomic mass is 16.6. The Hall–Kier alpha value is -2.36. The summed E-state index contributed by atoms with van der Waals surface area (Å²) in [5.41, 5.74) is 0. The highest BCUT2D eigenvalue weighted by Crippen LogP contribution is 2.33. The van der Waals surface area contributed by atoms with Gasteiger partial charge in [-0.15, -0.1) is 0 Å². The molecule has 2 aromatic rings. The van der Waals surface area contributed by atoms with Crippen LogP contribution < -0.4 is 18.9 Å². The van der Waals surface area contributed by atoms with Gasteiger partial charge in [0.25, 0.3) is 0 Å². The van der Waals surface area contributed by atoms with Crippen LogP contribution in [0.25, 0.3) is 0 Å². The van der Waals surface area contributed by atoms with Gasteiger partial charge < -0.3 is 18.9 Å². The third-order valence-corrected chi connectivity index (χ3v) is 3.08. The molecule has 0 amide bonds. The van der Waals surface area contributed by atoms with E-state index >= 15 is 0 Å². The maximum absolute atomic E-state index is 5.69. The minimum atomic E-state index is 0.585. The Morgan fingerprint density at radius 2 is 1.48 bits per heavy atom. The van der Waals surface area contributed by atoms with Crippen LogP contribution in [0.4, 0.5) is 0 Å². The average Bonchev–Trinajstić information content (AvgIpc) is 2.55. The standard InChI is InChI=1S/C17H18O4/c1-2-5-14(6-3-1)18-9-4-10-19-15-7-8-16-17(13-15)21-12-11-20-16/h1-3,5-8,13H,4,9-12H2. The molecule has 0 fully saturated rings. The first kappa shape index (κ1) is 13.6. The summed E-state index contributed by atoms with van der Waals surface area (Å²) in [7, 11) is 0. The van der Waals surface area contributed by atoms with Crippen molar-refractivity contribution in [3.05, 3.63) is 48.5 Å². The summed E-state index contributed by atoms with van der Waals surface area (Å²) >= 11 is 0. The van der Waals surface area contributed by atoms with E-state index in [0.717, 1.165) is 29.4 Å². The Bertz CT molecular complexity index is 568. The SMILES string of the molecule is c1ccc(OCCCOc2ccc3c(c2)OCCO3)cc1. The maximum atomic E-state index is 5.69. The van der Waals surface area contributed by atoms with Crippen LogP contribution in [0.2, 0.25) is 0 Å². The zero-order valence-corrected chi connectivity index (χ0v) is 11.8. The Labute approximate surface area is 124 Å². The van der Waals surface area contributed by atoms with Crippen LogP contribution in [0.15, 0.2) is 48.5 Å². The van der Waals surface area contributed by atoms with Gasteiger partial charge in [0.15, 0.2) is 11.5 Å². The van der Waals surface area contributed by atoms with E-state index in [0.29, 0.717) is 26.4 Å². The van der Waals surface area contributed by atoms with Crippen molar-refractivity contribution in [1.82, 2.24) is 0 Å². The van der Waals surface area contributed by atoms with E-state index in [1.54, 1.807) is 0 Å². The van der Waals surface area contributed by atoms with Gasteiger partial charge in [-0.1, -0.05) is 18.2 Å². The second-order valence-electron chi connectivity index (χ2n) is 4.67. The molecule has 0 aliphatic carbocycles.